The van der Waals surface area contributed by atoms with E-state index in [1.165, 1.54) is 18.4 Å². The molecule has 2 rings (SSSR count). The van der Waals surface area contributed by atoms with Crippen molar-refractivity contribution in [1.29, 1.82) is 0 Å². The van der Waals surface area contributed by atoms with Crippen LogP contribution in [0.3, 0.4) is 0 Å². The molecule has 3 heteroatoms. The second-order valence-corrected chi connectivity index (χ2v) is 5.25. The van der Waals surface area contributed by atoms with Gasteiger partial charge in [0.05, 0.1) is 0 Å². The second kappa shape index (κ2) is 6.21. The van der Waals surface area contributed by atoms with E-state index in [9.17, 15) is 5.11 Å². The predicted molar refractivity (Wildman–Crippen MR) is 74.8 cm³/mol. The third-order valence-corrected chi connectivity index (χ3v) is 3.87. The van der Waals surface area contributed by atoms with Crippen molar-refractivity contribution in [3.05, 3.63) is 29.8 Å². The smallest absolute Gasteiger partial charge is 0.115 e. The maximum atomic E-state index is 9.36. The van der Waals surface area contributed by atoms with E-state index < -0.39 is 0 Å². The van der Waals surface area contributed by atoms with Crippen LogP contribution in [0.5, 0.6) is 5.75 Å². The van der Waals surface area contributed by atoms with Crippen molar-refractivity contribution >= 4 is 0 Å². The number of nitrogens with zero attached hydrogens (tertiary/aromatic N) is 1. The van der Waals surface area contributed by atoms with Crippen LogP contribution in [0.4, 0.5) is 0 Å². The molecule has 100 valence electrons. The van der Waals surface area contributed by atoms with E-state index in [1.807, 2.05) is 12.1 Å². The zero-order chi connectivity index (χ0) is 13.0. The van der Waals surface area contributed by atoms with Crippen LogP contribution in [0.15, 0.2) is 24.3 Å². The summed E-state index contributed by atoms with van der Waals surface area (Å²) in [6.45, 7) is 4.48. The number of phenolic OH excluding ortho intramolecular Hbond substituents is 1. The molecule has 3 nitrogen and oxygen atoms in total. The van der Waals surface area contributed by atoms with Gasteiger partial charge in [-0.2, -0.15) is 0 Å². The van der Waals surface area contributed by atoms with Gasteiger partial charge in [0.1, 0.15) is 5.75 Å². The molecule has 0 amide bonds. The van der Waals surface area contributed by atoms with Crippen LogP contribution in [-0.2, 0) is 0 Å². The number of hydrogen-bond acceptors (Lipinski definition) is 3. The third kappa shape index (κ3) is 3.24. The van der Waals surface area contributed by atoms with Gasteiger partial charge in [0, 0.05) is 18.6 Å². The molecular weight excluding hydrogens is 224 g/mol. The molecule has 0 saturated carbocycles. The van der Waals surface area contributed by atoms with Crippen LogP contribution in [0, 0.1) is 0 Å². The molecule has 1 saturated heterocycles. The average Bonchev–Trinajstić information content (AvgIpc) is 2.85. The quantitative estimate of drug-likeness (QED) is 0.840. The van der Waals surface area contributed by atoms with E-state index >= 15 is 0 Å². The summed E-state index contributed by atoms with van der Waals surface area (Å²) in [7, 11) is 2.20. The monoisotopic (exact) mass is 248 g/mol. The minimum absolute atomic E-state index is 0.341. The van der Waals surface area contributed by atoms with Crippen LogP contribution < -0.4 is 5.32 Å². The van der Waals surface area contributed by atoms with E-state index in [-0.39, 0.29) is 0 Å². The first kappa shape index (κ1) is 13.4. The fourth-order valence-electron chi connectivity index (χ4n) is 2.89. The topological polar surface area (TPSA) is 35.5 Å². The van der Waals surface area contributed by atoms with Gasteiger partial charge < -0.3 is 10.4 Å². The first-order valence-electron chi connectivity index (χ1n) is 6.93. The molecule has 2 unspecified atom stereocenters. The Morgan fingerprint density at radius 1 is 1.39 bits per heavy atom. The molecule has 1 aliphatic rings. The van der Waals surface area contributed by atoms with E-state index in [4.69, 9.17) is 0 Å². The first-order chi connectivity index (χ1) is 8.70. The molecule has 1 aliphatic heterocycles. The number of hydrogen-bond donors (Lipinski definition) is 2. The highest BCUT2D eigenvalue weighted by atomic mass is 16.3. The van der Waals surface area contributed by atoms with Crippen LogP contribution in [0.1, 0.15) is 37.8 Å². The highest BCUT2D eigenvalue weighted by Crippen LogP contribution is 2.25. The number of benzene rings is 1. The molecule has 1 fully saturated rings. The zero-order valence-electron chi connectivity index (χ0n) is 11.4. The van der Waals surface area contributed by atoms with Crippen molar-refractivity contribution in [2.75, 3.05) is 20.1 Å². The van der Waals surface area contributed by atoms with Gasteiger partial charge in [-0.05, 0) is 50.6 Å². The standard InChI is InChI=1S/C15H24N2O/c1-3-15(12-6-8-14(18)9-7-12)17(2)11-13-5-4-10-16-13/h6-9,13,15-16,18H,3-5,10-11H2,1-2H3. The fourth-order valence-corrected chi connectivity index (χ4v) is 2.89. The Morgan fingerprint density at radius 3 is 2.67 bits per heavy atom. The van der Waals surface area contributed by atoms with Gasteiger partial charge in [0.15, 0.2) is 0 Å². The Balaban J connectivity index is 2.00. The normalized spacial score (nSPS) is 21.4. The van der Waals surface area contributed by atoms with Crippen LogP contribution in [0.25, 0.3) is 0 Å². The Bertz CT molecular complexity index is 357. The maximum Gasteiger partial charge on any atom is 0.115 e. The molecule has 0 radical (unpaired) electrons. The molecular formula is C15H24N2O. The van der Waals surface area contributed by atoms with E-state index in [0.717, 1.165) is 19.5 Å². The van der Waals surface area contributed by atoms with Crippen molar-refractivity contribution in [2.24, 2.45) is 0 Å². The molecule has 2 N–H and O–H groups in total. The molecule has 1 aromatic rings. The first-order valence-corrected chi connectivity index (χ1v) is 6.93. The molecule has 0 bridgehead atoms. The lowest BCUT2D eigenvalue weighted by atomic mass is 10.0. The van der Waals surface area contributed by atoms with Gasteiger partial charge >= 0.3 is 0 Å². The Morgan fingerprint density at radius 2 is 2.11 bits per heavy atom. The Hall–Kier alpha value is -1.06. The van der Waals surface area contributed by atoms with Crippen molar-refractivity contribution in [1.82, 2.24) is 10.2 Å². The summed E-state index contributed by atoms with van der Waals surface area (Å²) < 4.78 is 0. The van der Waals surface area contributed by atoms with Gasteiger partial charge in [-0.25, -0.2) is 0 Å². The van der Waals surface area contributed by atoms with Crippen molar-refractivity contribution in [3.8, 4) is 5.75 Å². The van der Waals surface area contributed by atoms with Crippen molar-refractivity contribution in [2.45, 2.75) is 38.3 Å². The van der Waals surface area contributed by atoms with Crippen molar-refractivity contribution in [3.63, 3.8) is 0 Å². The van der Waals surface area contributed by atoms with Crippen LogP contribution in [-0.4, -0.2) is 36.2 Å². The number of aromatic hydroxyl groups is 1. The van der Waals surface area contributed by atoms with Gasteiger partial charge in [0.2, 0.25) is 0 Å². The lowest BCUT2D eigenvalue weighted by Gasteiger charge is -2.30. The van der Waals surface area contributed by atoms with Gasteiger partial charge in [-0.15, -0.1) is 0 Å². The zero-order valence-corrected chi connectivity index (χ0v) is 11.4. The van der Waals surface area contributed by atoms with Gasteiger partial charge in [-0.1, -0.05) is 19.1 Å². The SMILES string of the molecule is CCC(c1ccc(O)cc1)N(C)CC1CCCN1. The van der Waals surface area contributed by atoms with Crippen molar-refractivity contribution < 1.29 is 5.11 Å². The average molecular weight is 248 g/mol. The summed E-state index contributed by atoms with van der Waals surface area (Å²) in [5, 5.41) is 12.9. The summed E-state index contributed by atoms with van der Waals surface area (Å²) in [5.74, 6) is 0.341. The molecule has 0 aromatic heterocycles. The highest BCUT2D eigenvalue weighted by Gasteiger charge is 2.21. The van der Waals surface area contributed by atoms with E-state index in [2.05, 4.69) is 24.2 Å². The number of rotatable bonds is 5. The third-order valence-electron chi connectivity index (χ3n) is 3.87. The minimum atomic E-state index is 0.341. The molecule has 0 spiro atoms. The summed E-state index contributed by atoms with van der Waals surface area (Å²) in [4.78, 5) is 2.43. The Kier molecular flexibility index (Phi) is 4.61. The van der Waals surface area contributed by atoms with Gasteiger partial charge in [-0.3, -0.25) is 4.90 Å². The van der Waals surface area contributed by atoms with Crippen LogP contribution >= 0.6 is 0 Å². The molecule has 0 aliphatic carbocycles. The second-order valence-electron chi connectivity index (χ2n) is 5.25. The molecule has 18 heavy (non-hydrogen) atoms. The largest absolute Gasteiger partial charge is 0.508 e. The summed E-state index contributed by atoms with van der Waals surface area (Å²) >= 11 is 0. The molecule has 2 atom stereocenters. The summed E-state index contributed by atoms with van der Waals surface area (Å²) in [6, 6.07) is 8.69. The molecule has 1 aromatic carbocycles. The number of nitrogens with one attached hydrogen (secondary N) is 1. The van der Waals surface area contributed by atoms with Crippen LogP contribution in [0.2, 0.25) is 0 Å². The number of likely N-dealkylation sites (N-methyl/N-ethyl adjacent to an activating group) is 1. The fraction of sp³-hybridized carbons (Fsp3) is 0.600. The summed E-state index contributed by atoms with van der Waals surface area (Å²) in [5.41, 5.74) is 1.29. The molecule has 1 heterocycles. The maximum absolute atomic E-state index is 9.36. The highest BCUT2D eigenvalue weighted by molar-refractivity contribution is 5.28. The number of phenols is 1. The van der Waals surface area contributed by atoms with E-state index in [0.29, 0.717) is 17.8 Å². The lowest BCUT2D eigenvalue weighted by Crippen LogP contribution is -2.37. The van der Waals surface area contributed by atoms with E-state index in [1.54, 1.807) is 12.1 Å². The predicted octanol–water partition coefficient (Wildman–Crippen LogP) is 2.53. The summed E-state index contributed by atoms with van der Waals surface area (Å²) in [6.07, 6.45) is 3.68. The lowest BCUT2D eigenvalue weighted by molar-refractivity contribution is 0.218. The Labute approximate surface area is 110 Å². The van der Waals surface area contributed by atoms with Gasteiger partial charge in [0.25, 0.3) is 0 Å². The minimum Gasteiger partial charge on any atom is -0.508 e.